The molecule has 1 heterocycles. The second kappa shape index (κ2) is 2.85. The average molecular weight is 147 g/mol. The molecule has 0 atom stereocenters. The highest BCUT2D eigenvalue weighted by Crippen LogP contribution is 2.08. The third-order valence-electron chi connectivity index (χ3n) is 0.888. The summed E-state index contributed by atoms with van der Waals surface area (Å²) in [5, 5.41) is 6.89. The van der Waals surface area contributed by atoms with Crippen LogP contribution in [0.2, 0.25) is 5.22 Å². The number of halogens is 1. The molecule has 0 aliphatic carbocycles. The van der Waals surface area contributed by atoms with Gasteiger partial charge in [0, 0.05) is 12.6 Å². The van der Waals surface area contributed by atoms with Crippen LogP contribution >= 0.6 is 11.6 Å². The Morgan fingerprint density at radius 2 is 2.67 bits per heavy atom. The van der Waals surface area contributed by atoms with E-state index in [9.17, 15) is 0 Å². The predicted octanol–water partition coefficient (Wildman–Crippen LogP) is 1.05. The van der Waals surface area contributed by atoms with E-state index in [0.717, 1.165) is 5.69 Å². The van der Waals surface area contributed by atoms with Crippen LogP contribution in [0.1, 0.15) is 5.69 Å². The van der Waals surface area contributed by atoms with Crippen LogP contribution in [-0.2, 0) is 6.54 Å². The van der Waals surface area contributed by atoms with E-state index in [1.165, 1.54) is 0 Å². The van der Waals surface area contributed by atoms with Crippen molar-refractivity contribution in [3.8, 4) is 0 Å². The predicted molar refractivity (Wildman–Crippen MR) is 34.3 cm³/mol. The number of hydrogen-bond acceptors (Lipinski definition) is 3. The van der Waals surface area contributed by atoms with Gasteiger partial charge < -0.3 is 9.84 Å². The Labute approximate surface area is 58.0 Å². The monoisotopic (exact) mass is 146 g/mol. The lowest BCUT2D eigenvalue weighted by Gasteiger charge is -1.86. The van der Waals surface area contributed by atoms with E-state index in [1.54, 1.807) is 6.07 Å². The van der Waals surface area contributed by atoms with Gasteiger partial charge in [0.05, 0.1) is 5.69 Å². The number of rotatable bonds is 2. The third kappa shape index (κ3) is 1.69. The lowest BCUT2D eigenvalue weighted by Crippen LogP contribution is -2.04. The Kier molecular flexibility index (Phi) is 2.08. The third-order valence-corrected chi connectivity index (χ3v) is 1.07. The number of nitrogens with zero attached hydrogens (tertiary/aromatic N) is 1. The highest BCUT2D eigenvalue weighted by molar-refractivity contribution is 6.28. The van der Waals surface area contributed by atoms with E-state index < -0.39 is 0 Å². The summed E-state index contributed by atoms with van der Waals surface area (Å²) in [5.74, 6) is 0. The summed E-state index contributed by atoms with van der Waals surface area (Å²) in [6, 6.07) is 1.68. The van der Waals surface area contributed by atoms with Gasteiger partial charge in [-0.1, -0.05) is 5.16 Å². The zero-order valence-electron chi connectivity index (χ0n) is 5.02. The fraction of sp³-hybridized carbons (Fsp3) is 0.400. The molecule has 1 rings (SSSR count). The first-order valence-corrected chi connectivity index (χ1v) is 2.96. The molecule has 50 valence electrons. The van der Waals surface area contributed by atoms with Crippen LogP contribution in [0.4, 0.5) is 0 Å². The highest BCUT2D eigenvalue weighted by atomic mass is 35.5. The fourth-order valence-electron chi connectivity index (χ4n) is 0.550. The molecule has 0 aliphatic heterocycles. The Balaban J connectivity index is 2.61. The summed E-state index contributed by atoms with van der Waals surface area (Å²) in [7, 11) is 1.84. The second-order valence-corrected chi connectivity index (χ2v) is 2.03. The lowest BCUT2D eigenvalue weighted by atomic mass is 10.4. The van der Waals surface area contributed by atoms with E-state index in [-0.39, 0.29) is 0 Å². The maximum Gasteiger partial charge on any atom is 0.226 e. The van der Waals surface area contributed by atoms with Gasteiger partial charge in [-0.2, -0.15) is 0 Å². The summed E-state index contributed by atoms with van der Waals surface area (Å²) in [4.78, 5) is 0. The minimum absolute atomic E-state index is 0.334. The first-order valence-electron chi connectivity index (χ1n) is 2.58. The maximum absolute atomic E-state index is 5.44. The molecule has 0 saturated heterocycles. The van der Waals surface area contributed by atoms with Gasteiger partial charge in [0.1, 0.15) is 0 Å². The molecule has 0 radical (unpaired) electrons. The van der Waals surface area contributed by atoms with Crippen LogP contribution in [0, 0.1) is 0 Å². The van der Waals surface area contributed by atoms with Gasteiger partial charge in [-0.15, -0.1) is 0 Å². The quantitative estimate of drug-likeness (QED) is 0.678. The Bertz CT molecular complexity index is 187. The number of nitrogens with one attached hydrogen (secondary N) is 1. The van der Waals surface area contributed by atoms with Crippen molar-refractivity contribution < 1.29 is 4.52 Å². The lowest BCUT2D eigenvalue weighted by molar-refractivity contribution is 0.411. The molecular weight excluding hydrogens is 140 g/mol. The SMILES string of the molecule is CNCc1cc(Cl)on1. The molecule has 0 saturated carbocycles. The van der Waals surface area contributed by atoms with Crippen molar-refractivity contribution in [1.29, 1.82) is 0 Å². The normalized spacial score (nSPS) is 10.0. The topological polar surface area (TPSA) is 38.1 Å². The van der Waals surface area contributed by atoms with Crippen LogP contribution in [0.3, 0.4) is 0 Å². The van der Waals surface area contributed by atoms with Crippen molar-refractivity contribution in [2.24, 2.45) is 0 Å². The Hall–Kier alpha value is -0.540. The summed E-state index contributed by atoms with van der Waals surface area (Å²) in [6.45, 7) is 0.691. The minimum atomic E-state index is 0.334. The fourth-order valence-corrected chi connectivity index (χ4v) is 0.711. The van der Waals surface area contributed by atoms with Crippen LogP contribution in [0.5, 0.6) is 0 Å². The molecular formula is C5H7ClN2O. The van der Waals surface area contributed by atoms with Crippen molar-refractivity contribution in [3.63, 3.8) is 0 Å². The van der Waals surface area contributed by atoms with Gasteiger partial charge in [0.15, 0.2) is 0 Å². The molecule has 0 spiro atoms. The molecule has 0 amide bonds. The average Bonchev–Trinajstić information content (AvgIpc) is 2.17. The van der Waals surface area contributed by atoms with Gasteiger partial charge in [0.25, 0.3) is 0 Å². The number of aromatic nitrogens is 1. The van der Waals surface area contributed by atoms with E-state index in [0.29, 0.717) is 11.8 Å². The van der Waals surface area contributed by atoms with Crippen molar-refractivity contribution in [2.75, 3.05) is 7.05 Å². The molecule has 0 aliphatic rings. The van der Waals surface area contributed by atoms with Crippen molar-refractivity contribution in [3.05, 3.63) is 17.0 Å². The first-order chi connectivity index (χ1) is 4.33. The number of hydrogen-bond donors (Lipinski definition) is 1. The van der Waals surface area contributed by atoms with Gasteiger partial charge in [-0.3, -0.25) is 0 Å². The summed E-state index contributed by atoms with van der Waals surface area (Å²) < 4.78 is 4.59. The molecule has 4 heteroatoms. The molecule has 0 unspecified atom stereocenters. The summed E-state index contributed by atoms with van der Waals surface area (Å²) >= 11 is 5.44. The van der Waals surface area contributed by atoms with Gasteiger partial charge in [-0.05, 0) is 18.6 Å². The molecule has 1 N–H and O–H groups in total. The zero-order valence-corrected chi connectivity index (χ0v) is 5.77. The molecule has 0 fully saturated rings. The largest absolute Gasteiger partial charge is 0.344 e. The van der Waals surface area contributed by atoms with E-state index in [1.807, 2.05) is 7.05 Å². The zero-order chi connectivity index (χ0) is 6.69. The highest BCUT2D eigenvalue weighted by Gasteiger charge is 1.97. The van der Waals surface area contributed by atoms with Crippen molar-refractivity contribution in [1.82, 2.24) is 10.5 Å². The molecule has 9 heavy (non-hydrogen) atoms. The molecule has 1 aromatic heterocycles. The first kappa shape index (κ1) is 6.58. The molecule has 0 bridgehead atoms. The Morgan fingerprint density at radius 1 is 1.89 bits per heavy atom. The van der Waals surface area contributed by atoms with Gasteiger partial charge in [0.2, 0.25) is 5.22 Å². The van der Waals surface area contributed by atoms with Crippen molar-refractivity contribution in [2.45, 2.75) is 6.54 Å². The van der Waals surface area contributed by atoms with Crippen LogP contribution < -0.4 is 5.32 Å². The van der Waals surface area contributed by atoms with E-state index in [4.69, 9.17) is 11.6 Å². The van der Waals surface area contributed by atoms with E-state index in [2.05, 4.69) is 15.0 Å². The molecule has 1 aromatic rings. The van der Waals surface area contributed by atoms with Crippen LogP contribution in [-0.4, -0.2) is 12.2 Å². The summed E-state index contributed by atoms with van der Waals surface area (Å²) in [6.07, 6.45) is 0. The van der Waals surface area contributed by atoms with Gasteiger partial charge in [-0.25, -0.2) is 0 Å². The van der Waals surface area contributed by atoms with Gasteiger partial charge >= 0.3 is 0 Å². The smallest absolute Gasteiger partial charge is 0.226 e. The molecule has 0 aromatic carbocycles. The standard InChI is InChI=1S/C5H7ClN2O/c1-7-3-4-2-5(6)9-8-4/h2,7H,3H2,1H3. The second-order valence-electron chi connectivity index (χ2n) is 1.65. The Morgan fingerprint density at radius 3 is 3.11 bits per heavy atom. The maximum atomic E-state index is 5.44. The van der Waals surface area contributed by atoms with Crippen LogP contribution in [0.15, 0.2) is 10.6 Å². The van der Waals surface area contributed by atoms with Crippen molar-refractivity contribution >= 4 is 11.6 Å². The van der Waals surface area contributed by atoms with E-state index >= 15 is 0 Å². The van der Waals surface area contributed by atoms with Crippen LogP contribution in [0.25, 0.3) is 0 Å². The minimum Gasteiger partial charge on any atom is -0.344 e. The molecule has 3 nitrogen and oxygen atoms in total. The summed E-state index contributed by atoms with van der Waals surface area (Å²) in [5.41, 5.74) is 0.822.